The van der Waals surface area contributed by atoms with Crippen LogP contribution in [0.4, 0.5) is 0 Å². The van der Waals surface area contributed by atoms with Crippen LogP contribution in [0.25, 0.3) is 5.76 Å². The van der Waals surface area contributed by atoms with Gasteiger partial charge in [-0.05, 0) is 30.9 Å². The molecule has 3 N–H and O–H groups in total. The molecule has 0 bridgehead atoms. The first kappa shape index (κ1) is 22.0. The molecule has 1 aliphatic heterocycles. The van der Waals surface area contributed by atoms with Gasteiger partial charge in [-0.15, -0.1) is 0 Å². The first-order chi connectivity index (χ1) is 13.4. The van der Waals surface area contributed by atoms with Crippen molar-refractivity contribution in [3.63, 3.8) is 0 Å². The van der Waals surface area contributed by atoms with Crippen molar-refractivity contribution in [1.29, 1.82) is 0 Å². The molecule has 1 aliphatic rings. The standard InChI is InChI=1S/C21H31BN2O4/c1-5-15(6-2)18(25)11-12-27-14(4)17-10-8-9-16-13-19(24-20(26)7-3)22(23)28-21(16)17/h8-10,15,19H,4-7,11-13,23H2,1-3H3,(H,24,26)/t19-/m0/s1. The fraction of sp³-hybridized carbons (Fsp3) is 0.524. The molecule has 7 heteroatoms. The van der Waals surface area contributed by atoms with Crippen molar-refractivity contribution in [3.05, 3.63) is 35.9 Å². The zero-order valence-electron chi connectivity index (χ0n) is 17.1. The SMILES string of the molecule is C=C(OCCC(=O)C(CC)CC)c1cccc2c1OB(N)[C@@H](NC(=O)CC)C2. The van der Waals surface area contributed by atoms with Crippen LogP contribution >= 0.6 is 0 Å². The van der Waals surface area contributed by atoms with Crippen LogP contribution in [0.5, 0.6) is 5.75 Å². The third-order valence-corrected chi connectivity index (χ3v) is 5.22. The molecule has 1 heterocycles. The fourth-order valence-corrected chi connectivity index (χ4v) is 3.42. The molecule has 0 unspecified atom stereocenters. The maximum atomic E-state index is 12.2. The van der Waals surface area contributed by atoms with E-state index in [9.17, 15) is 9.59 Å². The van der Waals surface area contributed by atoms with Crippen LogP contribution in [0.1, 0.15) is 57.6 Å². The van der Waals surface area contributed by atoms with E-state index >= 15 is 0 Å². The summed E-state index contributed by atoms with van der Waals surface area (Å²) in [6.45, 7) is 10.1. The zero-order valence-corrected chi connectivity index (χ0v) is 17.1. The van der Waals surface area contributed by atoms with Crippen LogP contribution in [-0.2, 0) is 20.7 Å². The minimum Gasteiger partial charge on any atom is -0.544 e. The van der Waals surface area contributed by atoms with E-state index in [1.54, 1.807) is 6.92 Å². The molecule has 0 fully saturated rings. The van der Waals surface area contributed by atoms with Crippen LogP contribution in [0.15, 0.2) is 24.8 Å². The van der Waals surface area contributed by atoms with Crippen molar-refractivity contribution in [1.82, 2.24) is 5.32 Å². The van der Waals surface area contributed by atoms with Gasteiger partial charge in [-0.1, -0.05) is 39.5 Å². The number of ether oxygens (including phenoxy) is 1. The first-order valence-electron chi connectivity index (χ1n) is 10.1. The summed E-state index contributed by atoms with van der Waals surface area (Å²) in [5, 5.41) is 2.90. The van der Waals surface area contributed by atoms with Crippen molar-refractivity contribution < 1.29 is 19.0 Å². The number of amides is 1. The lowest BCUT2D eigenvalue weighted by Gasteiger charge is -2.30. The molecule has 0 aromatic heterocycles. The zero-order chi connectivity index (χ0) is 20.7. The summed E-state index contributed by atoms with van der Waals surface area (Å²) in [4.78, 5) is 23.9. The summed E-state index contributed by atoms with van der Waals surface area (Å²) >= 11 is 0. The highest BCUT2D eigenvalue weighted by Crippen LogP contribution is 2.34. The van der Waals surface area contributed by atoms with E-state index in [1.807, 2.05) is 32.0 Å². The number of nitrogens with one attached hydrogen (secondary N) is 1. The van der Waals surface area contributed by atoms with Crippen LogP contribution in [0, 0.1) is 5.92 Å². The third kappa shape index (κ3) is 5.38. The number of carbonyl (C=O) groups excluding carboxylic acids is 2. The molecular formula is C21H31BN2O4. The van der Waals surface area contributed by atoms with Crippen LogP contribution in [0.3, 0.4) is 0 Å². The summed E-state index contributed by atoms with van der Waals surface area (Å²) in [6, 6.07) is 5.71. The van der Waals surface area contributed by atoms with Gasteiger partial charge in [0, 0.05) is 18.8 Å². The van der Waals surface area contributed by atoms with Gasteiger partial charge >= 0.3 is 7.05 Å². The Morgan fingerprint density at radius 2 is 2.07 bits per heavy atom. The number of fused-ring (bicyclic) bond motifs is 1. The van der Waals surface area contributed by atoms with E-state index in [0.717, 1.165) is 24.0 Å². The molecule has 1 amide bonds. The average molecular weight is 386 g/mol. The molecule has 1 aromatic carbocycles. The number of nitrogens with two attached hydrogens (primary N) is 1. The Kier molecular flexibility index (Phi) is 8.11. The third-order valence-electron chi connectivity index (χ3n) is 5.22. The van der Waals surface area contributed by atoms with Gasteiger partial charge in [0.15, 0.2) is 0 Å². The van der Waals surface area contributed by atoms with Crippen molar-refractivity contribution in [2.24, 2.45) is 11.6 Å². The van der Waals surface area contributed by atoms with Crippen LogP contribution < -0.4 is 15.6 Å². The lowest BCUT2D eigenvalue weighted by molar-refractivity contribution is -0.123. The number of hydrogen-bond donors (Lipinski definition) is 2. The molecule has 1 aromatic rings. The normalized spacial score (nSPS) is 15.6. The summed E-state index contributed by atoms with van der Waals surface area (Å²) < 4.78 is 11.6. The number of para-hydroxylation sites is 1. The predicted molar refractivity (Wildman–Crippen MR) is 112 cm³/mol. The van der Waals surface area contributed by atoms with E-state index in [4.69, 9.17) is 15.0 Å². The summed E-state index contributed by atoms with van der Waals surface area (Å²) in [5.41, 5.74) is 7.79. The lowest BCUT2D eigenvalue weighted by Crippen LogP contribution is -2.58. The highest BCUT2D eigenvalue weighted by atomic mass is 16.5. The van der Waals surface area contributed by atoms with Gasteiger partial charge in [0.1, 0.15) is 17.3 Å². The first-order valence-corrected chi connectivity index (χ1v) is 10.1. The molecule has 1 atom stereocenters. The van der Waals surface area contributed by atoms with Gasteiger partial charge < -0.3 is 20.4 Å². The van der Waals surface area contributed by atoms with Crippen molar-refractivity contribution in [2.75, 3.05) is 6.61 Å². The van der Waals surface area contributed by atoms with Gasteiger partial charge in [-0.2, -0.15) is 0 Å². The summed E-state index contributed by atoms with van der Waals surface area (Å²) in [7, 11) is -0.645. The summed E-state index contributed by atoms with van der Waals surface area (Å²) in [5.74, 6) is 1.07. The molecule has 0 radical (unpaired) electrons. The smallest absolute Gasteiger partial charge is 0.467 e. The Morgan fingerprint density at radius 3 is 2.71 bits per heavy atom. The topological polar surface area (TPSA) is 90.7 Å². The predicted octanol–water partition coefficient (Wildman–Crippen LogP) is 2.89. The highest BCUT2D eigenvalue weighted by Gasteiger charge is 2.35. The fourth-order valence-electron chi connectivity index (χ4n) is 3.42. The molecule has 0 saturated carbocycles. The molecule has 2 rings (SSSR count). The van der Waals surface area contributed by atoms with Gasteiger partial charge in [-0.3, -0.25) is 9.59 Å². The van der Waals surface area contributed by atoms with Gasteiger partial charge in [-0.25, -0.2) is 0 Å². The molecule has 0 aliphatic carbocycles. The molecule has 28 heavy (non-hydrogen) atoms. The van der Waals surface area contributed by atoms with Crippen molar-refractivity contribution >= 4 is 24.5 Å². The maximum Gasteiger partial charge on any atom is 0.467 e. The van der Waals surface area contributed by atoms with Crippen LogP contribution in [0.2, 0.25) is 0 Å². The lowest BCUT2D eigenvalue weighted by atomic mass is 9.68. The van der Waals surface area contributed by atoms with Crippen molar-refractivity contribution in [3.8, 4) is 5.75 Å². The van der Waals surface area contributed by atoms with Gasteiger partial charge in [0.05, 0.1) is 18.1 Å². The Hall–Kier alpha value is -2.28. The van der Waals surface area contributed by atoms with E-state index in [2.05, 4.69) is 11.9 Å². The molecule has 152 valence electrons. The summed E-state index contributed by atoms with van der Waals surface area (Å²) in [6.07, 6.45) is 3.05. The minimum atomic E-state index is -0.645. The highest BCUT2D eigenvalue weighted by molar-refractivity contribution is 6.51. The maximum absolute atomic E-state index is 12.2. The Labute approximate surface area is 168 Å². The largest absolute Gasteiger partial charge is 0.544 e. The van der Waals surface area contributed by atoms with E-state index in [1.165, 1.54) is 0 Å². The molecule has 6 nitrogen and oxygen atoms in total. The molecule has 0 spiro atoms. The number of hydrogen-bond acceptors (Lipinski definition) is 5. The Morgan fingerprint density at radius 1 is 1.36 bits per heavy atom. The number of rotatable bonds is 10. The van der Waals surface area contributed by atoms with E-state index < -0.39 is 7.05 Å². The number of carbonyl (C=O) groups is 2. The van der Waals surface area contributed by atoms with E-state index in [-0.39, 0.29) is 23.5 Å². The number of benzene rings is 1. The molecule has 0 saturated heterocycles. The van der Waals surface area contributed by atoms with E-state index in [0.29, 0.717) is 37.4 Å². The van der Waals surface area contributed by atoms with Gasteiger partial charge in [0.2, 0.25) is 5.91 Å². The monoisotopic (exact) mass is 386 g/mol. The second-order valence-corrected chi connectivity index (χ2v) is 7.11. The average Bonchev–Trinajstić information content (AvgIpc) is 2.68. The quantitative estimate of drug-likeness (QED) is 0.477. The Bertz CT molecular complexity index is 718. The van der Waals surface area contributed by atoms with Crippen molar-refractivity contribution in [2.45, 2.75) is 58.8 Å². The number of ketones is 1. The second-order valence-electron chi connectivity index (χ2n) is 7.11. The Balaban J connectivity index is 2.02. The molecular weight excluding hydrogens is 355 g/mol. The van der Waals surface area contributed by atoms with Gasteiger partial charge in [0.25, 0.3) is 0 Å². The van der Waals surface area contributed by atoms with Crippen LogP contribution in [-0.4, -0.2) is 31.3 Å². The second kappa shape index (κ2) is 10.3. The number of Topliss-reactive ketones (excluding diaryl/α,β-unsaturated/α-hetero) is 1. The minimum absolute atomic E-state index is 0.0569.